The van der Waals surface area contributed by atoms with Gasteiger partial charge in [0.05, 0.1) is 16.3 Å². The molecule has 1 amide bonds. The van der Waals surface area contributed by atoms with Crippen LogP contribution in [0.15, 0.2) is 47.8 Å². The van der Waals surface area contributed by atoms with Gasteiger partial charge in [0, 0.05) is 21.5 Å². The van der Waals surface area contributed by atoms with Crippen LogP contribution in [0.2, 0.25) is 10.0 Å². The summed E-state index contributed by atoms with van der Waals surface area (Å²) in [5.41, 5.74) is 0.503. The molecule has 0 aliphatic carbocycles. The number of hydrogen-bond acceptors (Lipinski definition) is 4. The van der Waals surface area contributed by atoms with Crippen LogP contribution in [0.25, 0.3) is 16.2 Å². The molecular formula is C18H9Cl2F3N4OS. The van der Waals surface area contributed by atoms with Crippen molar-refractivity contribution in [1.29, 1.82) is 0 Å². The van der Waals surface area contributed by atoms with Gasteiger partial charge in [-0.25, -0.2) is 4.52 Å². The Morgan fingerprint density at radius 3 is 2.52 bits per heavy atom. The molecule has 5 nitrogen and oxygen atoms in total. The SMILES string of the molecule is O=C(Nc1nc2scc(-c3cc(Cl)ccc3Cl)n2n1)c1ccc(C(F)(F)F)cc1. The fourth-order valence-corrected chi connectivity index (χ4v) is 3.81. The zero-order valence-electron chi connectivity index (χ0n) is 14.2. The van der Waals surface area contributed by atoms with Gasteiger partial charge in [-0.2, -0.15) is 18.2 Å². The van der Waals surface area contributed by atoms with Crippen LogP contribution in [0.3, 0.4) is 0 Å². The molecule has 148 valence electrons. The Morgan fingerprint density at radius 2 is 1.83 bits per heavy atom. The van der Waals surface area contributed by atoms with E-state index in [-0.39, 0.29) is 11.5 Å². The largest absolute Gasteiger partial charge is 0.416 e. The molecule has 11 heteroatoms. The Bertz CT molecular complexity index is 1220. The van der Waals surface area contributed by atoms with Crippen molar-refractivity contribution >= 4 is 51.4 Å². The van der Waals surface area contributed by atoms with E-state index in [9.17, 15) is 18.0 Å². The summed E-state index contributed by atoms with van der Waals surface area (Å²) in [6.45, 7) is 0. The van der Waals surface area contributed by atoms with Crippen molar-refractivity contribution in [2.24, 2.45) is 0 Å². The molecule has 1 N–H and O–H groups in total. The molecule has 0 saturated carbocycles. The second-order valence-corrected chi connectivity index (χ2v) is 7.58. The van der Waals surface area contributed by atoms with Crippen LogP contribution in [0.1, 0.15) is 15.9 Å². The van der Waals surface area contributed by atoms with E-state index >= 15 is 0 Å². The van der Waals surface area contributed by atoms with Crippen LogP contribution in [0.4, 0.5) is 19.1 Å². The number of amides is 1. The minimum atomic E-state index is -4.47. The number of nitrogens with zero attached hydrogens (tertiary/aromatic N) is 3. The van der Waals surface area contributed by atoms with E-state index in [0.29, 0.717) is 26.3 Å². The summed E-state index contributed by atoms with van der Waals surface area (Å²) < 4.78 is 39.4. The molecule has 0 fully saturated rings. The maximum absolute atomic E-state index is 12.6. The van der Waals surface area contributed by atoms with Gasteiger partial charge in [-0.15, -0.1) is 16.4 Å². The topological polar surface area (TPSA) is 59.3 Å². The maximum Gasteiger partial charge on any atom is 0.416 e. The van der Waals surface area contributed by atoms with Crippen LogP contribution in [-0.4, -0.2) is 20.5 Å². The number of rotatable bonds is 3. The molecule has 2 aromatic heterocycles. The normalized spacial score (nSPS) is 11.8. The third-order valence-corrected chi connectivity index (χ3v) is 5.37. The molecule has 4 rings (SSSR count). The summed E-state index contributed by atoms with van der Waals surface area (Å²) in [6.07, 6.45) is -4.47. The van der Waals surface area contributed by atoms with Crippen LogP contribution >= 0.6 is 34.5 Å². The van der Waals surface area contributed by atoms with Gasteiger partial charge in [-0.3, -0.25) is 10.1 Å². The highest BCUT2D eigenvalue weighted by Crippen LogP contribution is 2.33. The Kier molecular flexibility index (Phi) is 4.97. The van der Waals surface area contributed by atoms with Crippen LogP contribution in [0, 0.1) is 0 Å². The van der Waals surface area contributed by atoms with E-state index in [4.69, 9.17) is 23.2 Å². The van der Waals surface area contributed by atoms with Gasteiger partial charge >= 0.3 is 6.18 Å². The number of benzene rings is 2. The molecular weight excluding hydrogens is 448 g/mol. The number of halogens is 5. The summed E-state index contributed by atoms with van der Waals surface area (Å²) in [7, 11) is 0. The van der Waals surface area contributed by atoms with E-state index in [0.717, 1.165) is 24.3 Å². The van der Waals surface area contributed by atoms with Gasteiger partial charge in [0.2, 0.25) is 4.96 Å². The van der Waals surface area contributed by atoms with Crippen molar-refractivity contribution in [3.05, 3.63) is 69.0 Å². The molecule has 0 spiro atoms. The van der Waals surface area contributed by atoms with Crippen molar-refractivity contribution < 1.29 is 18.0 Å². The number of aromatic nitrogens is 3. The predicted octanol–water partition coefficient (Wildman–Crippen LogP) is 6.04. The molecule has 0 radical (unpaired) electrons. The highest BCUT2D eigenvalue weighted by Gasteiger charge is 2.30. The first kappa shape index (κ1) is 19.7. The first-order chi connectivity index (χ1) is 13.7. The zero-order valence-corrected chi connectivity index (χ0v) is 16.5. The van der Waals surface area contributed by atoms with E-state index in [1.807, 2.05) is 0 Å². The summed E-state index contributed by atoms with van der Waals surface area (Å²) >= 11 is 13.6. The summed E-state index contributed by atoms with van der Waals surface area (Å²) in [5.74, 6) is -0.611. The molecule has 0 aliphatic rings. The Morgan fingerprint density at radius 1 is 1.10 bits per heavy atom. The van der Waals surface area contributed by atoms with Gasteiger partial charge in [0.25, 0.3) is 11.9 Å². The first-order valence-corrected chi connectivity index (χ1v) is 9.64. The lowest BCUT2D eigenvalue weighted by molar-refractivity contribution is -0.137. The van der Waals surface area contributed by atoms with Crippen LogP contribution in [-0.2, 0) is 6.18 Å². The number of anilines is 1. The molecule has 0 aliphatic heterocycles. The molecule has 0 bridgehead atoms. The van der Waals surface area contributed by atoms with E-state index in [1.165, 1.54) is 15.9 Å². The molecule has 4 aromatic rings. The average molecular weight is 457 g/mol. The van der Waals surface area contributed by atoms with Gasteiger partial charge in [-0.05, 0) is 42.5 Å². The van der Waals surface area contributed by atoms with Crippen molar-refractivity contribution in [2.45, 2.75) is 6.18 Å². The van der Waals surface area contributed by atoms with Crippen molar-refractivity contribution in [3.8, 4) is 11.3 Å². The lowest BCUT2D eigenvalue weighted by atomic mass is 10.1. The monoisotopic (exact) mass is 456 g/mol. The lowest BCUT2D eigenvalue weighted by Crippen LogP contribution is -2.14. The number of thiazole rings is 1. The number of carbonyl (C=O) groups is 1. The quantitative estimate of drug-likeness (QED) is 0.409. The Labute approximate surface area is 175 Å². The second-order valence-electron chi connectivity index (χ2n) is 5.90. The van der Waals surface area contributed by atoms with Gasteiger partial charge in [0.1, 0.15) is 0 Å². The molecule has 2 aromatic carbocycles. The number of fused-ring (bicyclic) bond motifs is 1. The first-order valence-electron chi connectivity index (χ1n) is 8.00. The molecule has 2 heterocycles. The average Bonchev–Trinajstić information content (AvgIpc) is 3.23. The highest BCUT2D eigenvalue weighted by atomic mass is 35.5. The van der Waals surface area contributed by atoms with Crippen molar-refractivity contribution in [1.82, 2.24) is 14.6 Å². The summed E-state index contributed by atoms with van der Waals surface area (Å²) in [6, 6.07) is 8.87. The van der Waals surface area contributed by atoms with E-state index in [1.54, 1.807) is 23.6 Å². The second kappa shape index (κ2) is 7.33. The maximum atomic E-state index is 12.6. The van der Waals surface area contributed by atoms with Crippen LogP contribution < -0.4 is 5.32 Å². The summed E-state index contributed by atoms with van der Waals surface area (Å²) in [4.78, 5) is 17.0. The Hall–Kier alpha value is -2.62. The van der Waals surface area contributed by atoms with E-state index < -0.39 is 17.6 Å². The smallest absolute Gasteiger partial charge is 0.289 e. The number of nitrogens with one attached hydrogen (secondary N) is 1. The minimum Gasteiger partial charge on any atom is -0.289 e. The minimum absolute atomic E-state index is 0.0150. The van der Waals surface area contributed by atoms with Gasteiger partial charge in [0.15, 0.2) is 0 Å². The lowest BCUT2D eigenvalue weighted by Gasteiger charge is -2.07. The van der Waals surface area contributed by atoms with Crippen molar-refractivity contribution in [2.75, 3.05) is 5.32 Å². The number of hydrogen-bond donors (Lipinski definition) is 1. The number of alkyl halides is 3. The third-order valence-electron chi connectivity index (χ3n) is 3.99. The van der Waals surface area contributed by atoms with Crippen molar-refractivity contribution in [3.63, 3.8) is 0 Å². The molecule has 29 heavy (non-hydrogen) atoms. The van der Waals surface area contributed by atoms with Crippen LogP contribution in [0.5, 0.6) is 0 Å². The molecule has 0 atom stereocenters. The molecule has 0 saturated heterocycles. The highest BCUT2D eigenvalue weighted by molar-refractivity contribution is 7.15. The molecule has 0 unspecified atom stereocenters. The predicted molar refractivity (Wildman–Crippen MR) is 106 cm³/mol. The third kappa shape index (κ3) is 3.93. The summed E-state index contributed by atoms with van der Waals surface area (Å²) in [5, 5.41) is 9.50. The number of carbonyl (C=O) groups excluding carboxylic acids is 1. The van der Waals surface area contributed by atoms with Gasteiger partial charge < -0.3 is 0 Å². The zero-order chi connectivity index (χ0) is 20.8. The van der Waals surface area contributed by atoms with Gasteiger partial charge in [-0.1, -0.05) is 23.2 Å². The fourth-order valence-electron chi connectivity index (χ4n) is 2.60. The van der Waals surface area contributed by atoms with E-state index in [2.05, 4.69) is 15.4 Å². The Balaban J connectivity index is 1.60. The standard InChI is InChI=1S/C18H9Cl2F3N4OS/c19-11-5-6-13(20)12(7-11)14-8-29-17-25-16(26-27(14)17)24-15(28)9-1-3-10(4-2-9)18(21,22)23/h1-8H,(H,24,26,28). The fraction of sp³-hybridized carbons (Fsp3) is 0.0556.